The van der Waals surface area contributed by atoms with Crippen molar-refractivity contribution < 1.29 is 9.59 Å². The summed E-state index contributed by atoms with van der Waals surface area (Å²) < 4.78 is 0. The van der Waals surface area contributed by atoms with E-state index in [-0.39, 0.29) is 18.1 Å². The number of Topliss-reactive ketones (excluding diaryl/α,β-unsaturated/α-hetero) is 1. The van der Waals surface area contributed by atoms with Gasteiger partial charge in [-0.3, -0.25) is 9.59 Å². The van der Waals surface area contributed by atoms with Crippen molar-refractivity contribution in [2.75, 3.05) is 0 Å². The first-order valence-electron chi connectivity index (χ1n) is 6.90. The summed E-state index contributed by atoms with van der Waals surface area (Å²) in [6, 6.07) is 5.37. The SMILES string of the molecule is O=C(C[C@@H]1NC(=S)NC1=O)c1ccc2c(c1)CCCC2. The molecule has 0 radical (unpaired) electrons. The Morgan fingerprint density at radius 1 is 1.25 bits per heavy atom. The van der Waals surface area contributed by atoms with Gasteiger partial charge in [-0.2, -0.15) is 0 Å². The second-order valence-electron chi connectivity index (χ2n) is 5.33. The van der Waals surface area contributed by atoms with Gasteiger partial charge >= 0.3 is 0 Å². The standard InChI is InChI=1S/C15H16N2O2S/c18-13(8-12-14(19)17-15(20)16-12)11-6-5-9-3-1-2-4-10(9)7-11/h5-7,12H,1-4,8H2,(H2,16,17,19,20)/t12-/m0/s1. The second kappa shape index (κ2) is 5.32. The van der Waals surface area contributed by atoms with Crippen LogP contribution < -0.4 is 10.6 Å². The average molecular weight is 288 g/mol. The van der Waals surface area contributed by atoms with Gasteiger partial charge in [0.15, 0.2) is 10.9 Å². The molecule has 5 heteroatoms. The minimum absolute atomic E-state index is 0.0178. The Morgan fingerprint density at radius 2 is 2.00 bits per heavy atom. The molecule has 1 aliphatic carbocycles. The van der Waals surface area contributed by atoms with E-state index in [0.29, 0.717) is 10.7 Å². The number of nitrogens with one attached hydrogen (secondary N) is 2. The topological polar surface area (TPSA) is 58.2 Å². The van der Waals surface area contributed by atoms with Gasteiger partial charge in [-0.15, -0.1) is 0 Å². The lowest BCUT2D eigenvalue weighted by Crippen LogP contribution is -2.31. The molecule has 1 fully saturated rings. The maximum atomic E-state index is 12.3. The van der Waals surface area contributed by atoms with Crippen molar-refractivity contribution in [1.82, 2.24) is 10.6 Å². The number of fused-ring (bicyclic) bond motifs is 1. The Hall–Kier alpha value is -1.75. The van der Waals surface area contributed by atoms with E-state index in [1.807, 2.05) is 12.1 Å². The van der Waals surface area contributed by atoms with E-state index >= 15 is 0 Å². The molecule has 0 spiro atoms. The Bertz CT molecular complexity index is 598. The molecule has 0 bridgehead atoms. The highest BCUT2D eigenvalue weighted by Crippen LogP contribution is 2.23. The molecular weight excluding hydrogens is 272 g/mol. The molecule has 1 heterocycles. The van der Waals surface area contributed by atoms with Gasteiger partial charge in [0.25, 0.3) is 0 Å². The van der Waals surface area contributed by atoms with Crippen LogP contribution in [0.1, 0.15) is 40.7 Å². The maximum Gasteiger partial charge on any atom is 0.249 e. The van der Waals surface area contributed by atoms with Gasteiger partial charge in [-0.25, -0.2) is 0 Å². The van der Waals surface area contributed by atoms with Crippen molar-refractivity contribution in [1.29, 1.82) is 0 Å². The Labute approximate surface area is 122 Å². The molecule has 1 atom stereocenters. The molecule has 0 aromatic heterocycles. The summed E-state index contributed by atoms with van der Waals surface area (Å²) in [5, 5.41) is 5.62. The van der Waals surface area contributed by atoms with Crippen LogP contribution >= 0.6 is 12.2 Å². The smallest absolute Gasteiger partial charge is 0.249 e. The molecule has 1 amide bonds. The summed E-state index contributed by atoms with van der Waals surface area (Å²) in [6.45, 7) is 0. The van der Waals surface area contributed by atoms with Gasteiger partial charge in [0.2, 0.25) is 5.91 Å². The number of benzene rings is 1. The number of amides is 1. The largest absolute Gasteiger partial charge is 0.350 e. The van der Waals surface area contributed by atoms with E-state index in [9.17, 15) is 9.59 Å². The van der Waals surface area contributed by atoms with Crippen molar-refractivity contribution in [2.45, 2.75) is 38.1 Å². The zero-order chi connectivity index (χ0) is 14.1. The van der Waals surface area contributed by atoms with Crippen LogP contribution in [-0.2, 0) is 17.6 Å². The first kappa shape index (κ1) is 13.2. The van der Waals surface area contributed by atoms with Crippen molar-refractivity contribution in [3.8, 4) is 0 Å². The van der Waals surface area contributed by atoms with Crippen LogP contribution in [0, 0.1) is 0 Å². The summed E-state index contributed by atoms with van der Waals surface area (Å²) in [4.78, 5) is 23.8. The number of ketones is 1. The zero-order valence-electron chi connectivity index (χ0n) is 11.1. The van der Waals surface area contributed by atoms with Crippen LogP contribution in [0.4, 0.5) is 0 Å². The number of thiocarbonyl (C=S) groups is 1. The fourth-order valence-electron chi connectivity index (χ4n) is 2.81. The Balaban J connectivity index is 1.74. The third-order valence-electron chi connectivity index (χ3n) is 3.92. The van der Waals surface area contributed by atoms with Gasteiger partial charge in [0, 0.05) is 12.0 Å². The van der Waals surface area contributed by atoms with Crippen LogP contribution in [0.15, 0.2) is 18.2 Å². The normalized spacial score (nSPS) is 21.1. The minimum atomic E-state index is -0.536. The zero-order valence-corrected chi connectivity index (χ0v) is 11.9. The van der Waals surface area contributed by atoms with Crippen LogP contribution in [0.3, 0.4) is 0 Å². The number of rotatable bonds is 3. The minimum Gasteiger partial charge on any atom is -0.350 e. The molecule has 0 saturated carbocycles. The molecule has 2 aliphatic rings. The number of aryl methyl sites for hydroxylation is 2. The predicted molar refractivity (Wildman–Crippen MR) is 79.7 cm³/mol. The average Bonchev–Trinajstić information content (AvgIpc) is 2.76. The lowest BCUT2D eigenvalue weighted by atomic mass is 9.89. The Morgan fingerprint density at radius 3 is 2.70 bits per heavy atom. The molecule has 4 nitrogen and oxygen atoms in total. The molecular formula is C15H16N2O2S. The number of carbonyl (C=O) groups is 2. The maximum absolute atomic E-state index is 12.3. The van der Waals surface area contributed by atoms with E-state index in [2.05, 4.69) is 16.7 Å². The Kier molecular flexibility index (Phi) is 3.53. The number of hydrogen-bond donors (Lipinski definition) is 2. The van der Waals surface area contributed by atoms with Crippen LogP contribution in [0.25, 0.3) is 0 Å². The van der Waals surface area contributed by atoms with Gasteiger partial charge in [-0.1, -0.05) is 12.1 Å². The van der Waals surface area contributed by atoms with Gasteiger partial charge in [0.1, 0.15) is 6.04 Å². The van der Waals surface area contributed by atoms with E-state index < -0.39 is 6.04 Å². The van der Waals surface area contributed by atoms with E-state index in [1.54, 1.807) is 0 Å². The molecule has 0 unspecified atom stereocenters. The molecule has 1 saturated heterocycles. The van der Waals surface area contributed by atoms with Crippen molar-refractivity contribution in [3.05, 3.63) is 34.9 Å². The van der Waals surface area contributed by atoms with Crippen LogP contribution in [0.2, 0.25) is 0 Å². The van der Waals surface area contributed by atoms with Gasteiger partial charge in [-0.05, 0) is 55.1 Å². The molecule has 1 aliphatic heterocycles. The fourth-order valence-corrected chi connectivity index (χ4v) is 3.06. The van der Waals surface area contributed by atoms with E-state index in [4.69, 9.17) is 12.2 Å². The highest BCUT2D eigenvalue weighted by Gasteiger charge is 2.29. The van der Waals surface area contributed by atoms with E-state index in [1.165, 1.54) is 24.0 Å². The molecule has 3 rings (SSSR count). The van der Waals surface area contributed by atoms with Crippen molar-refractivity contribution >= 4 is 29.0 Å². The second-order valence-corrected chi connectivity index (χ2v) is 5.74. The van der Waals surface area contributed by atoms with E-state index in [0.717, 1.165) is 12.8 Å². The molecule has 2 N–H and O–H groups in total. The molecule has 20 heavy (non-hydrogen) atoms. The first-order chi connectivity index (χ1) is 9.63. The first-order valence-corrected chi connectivity index (χ1v) is 7.30. The summed E-state index contributed by atoms with van der Waals surface area (Å²) in [5.41, 5.74) is 3.32. The lowest BCUT2D eigenvalue weighted by molar-refractivity contribution is -0.120. The van der Waals surface area contributed by atoms with Crippen LogP contribution in [-0.4, -0.2) is 22.8 Å². The molecule has 1 aromatic rings. The lowest BCUT2D eigenvalue weighted by Gasteiger charge is -2.16. The third-order valence-corrected chi connectivity index (χ3v) is 4.14. The third kappa shape index (κ3) is 2.58. The van der Waals surface area contributed by atoms with Crippen LogP contribution in [0.5, 0.6) is 0 Å². The fraction of sp³-hybridized carbons (Fsp3) is 0.400. The van der Waals surface area contributed by atoms with Gasteiger partial charge < -0.3 is 10.6 Å². The number of carbonyl (C=O) groups excluding carboxylic acids is 2. The highest BCUT2D eigenvalue weighted by atomic mass is 32.1. The summed E-state index contributed by atoms with van der Waals surface area (Å²) in [7, 11) is 0. The summed E-state index contributed by atoms with van der Waals surface area (Å²) in [5.74, 6) is -0.239. The highest BCUT2D eigenvalue weighted by molar-refractivity contribution is 7.80. The number of hydrogen-bond acceptors (Lipinski definition) is 3. The van der Waals surface area contributed by atoms with Crippen molar-refractivity contribution in [2.24, 2.45) is 0 Å². The summed E-state index contributed by atoms with van der Waals surface area (Å²) >= 11 is 4.87. The monoisotopic (exact) mass is 288 g/mol. The quantitative estimate of drug-likeness (QED) is 0.654. The summed E-state index contributed by atoms with van der Waals surface area (Å²) in [6.07, 6.45) is 4.70. The molecule has 104 valence electrons. The molecule has 1 aromatic carbocycles. The van der Waals surface area contributed by atoms with Gasteiger partial charge in [0.05, 0.1) is 0 Å². The predicted octanol–water partition coefficient (Wildman–Crippen LogP) is 1.51. The van der Waals surface area contributed by atoms with Crippen molar-refractivity contribution in [3.63, 3.8) is 0 Å².